The molecule has 0 radical (unpaired) electrons. The third kappa shape index (κ3) is 6.08. The molecule has 2 rings (SSSR count). The van der Waals surface area contributed by atoms with E-state index in [9.17, 15) is 13.2 Å². The number of carbonyl (C=O) groups is 1. The number of rotatable bonds is 8. The van der Waals surface area contributed by atoms with E-state index in [0.29, 0.717) is 25.3 Å². The topological polar surface area (TPSA) is 89.7 Å². The van der Waals surface area contributed by atoms with E-state index < -0.39 is 15.9 Å². The van der Waals surface area contributed by atoms with Gasteiger partial charge >= 0.3 is 0 Å². The van der Waals surface area contributed by atoms with Crippen LogP contribution in [0.3, 0.4) is 0 Å². The van der Waals surface area contributed by atoms with Crippen molar-refractivity contribution in [2.24, 2.45) is 5.73 Å². The number of ether oxygens (including phenoxy) is 1. The average Bonchev–Trinajstić information content (AvgIpc) is 2.64. The normalized spacial score (nSPS) is 12.4. The van der Waals surface area contributed by atoms with Crippen molar-refractivity contribution in [3.63, 3.8) is 0 Å². The van der Waals surface area contributed by atoms with Gasteiger partial charge in [-0.05, 0) is 37.1 Å². The molecule has 0 aliphatic heterocycles. The zero-order valence-electron chi connectivity index (χ0n) is 15.9. The summed E-state index contributed by atoms with van der Waals surface area (Å²) in [5.41, 5.74) is 7.96. The zero-order chi connectivity index (χ0) is 20.0. The molecular formula is C20H26N2O4S. The third-order valence-electron chi connectivity index (χ3n) is 4.22. The van der Waals surface area contributed by atoms with Crippen molar-refractivity contribution >= 4 is 15.7 Å². The number of hydrogen-bond donors (Lipinski definition) is 1. The molecule has 146 valence electrons. The second kappa shape index (κ2) is 9.01. The van der Waals surface area contributed by atoms with Crippen LogP contribution in [0.5, 0.6) is 5.75 Å². The highest BCUT2D eigenvalue weighted by atomic mass is 32.2. The molecule has 0 aliphatic carbocycles. The predicted molar refractivity (Wildman–Crippen MR) is 105 cm³/mol. The number of carbonyl (C=O) groups excluding carboxylic acids is 1. The van der Waals surface area contributed by atoms with E-state index in [1.165, 1.54) is 12.1 Å². The number of hydrogen-bond acceptors (Lipinski definition) is 5. The largest absolute Gasteiger partial charge is 0.493 e. The van der Waals surface area contributed by atoms with Gasteiger partial charge in [-0.25, -0.2) is 8.42 Å². The maximum absolute atomic E-state index is 12.4. The minimum Gasteiger partial charge on any atom is -0.493 e. The quantitative estimate of drug-likeness (QED) is 0.699. The summed E-state index contributed by atoms with van der Waals surface area (Å²) in [4.78, 5) is 14.2. The molecule has 1 unspecified atom stereocenters. The first-order chi connectivity index (χ1) is 12.7. The van der Waals surface area contributed by atoms with Gasteiger partial charge in [0.05, 0.1) is 11.5 Å². The molecule has 6 nitrogen and oxygen atoms in total. The maximum Gasteiger partial charge on any atom is 0.243 e. The van der Waals surface area contributed by atoms with Gasteiger partial charge in [-0.3, -0.25) is 4.79 Å². The van der Waals surface area contributed by atoms with E-state index >= 15 is 0 Å². The van der Waals surface area contributed by atoms with Crippen molar-refractivity contribution in [3.05, 3.63) is 59.7 Å². The summed E-state index contributed by atoms with van der Waals surface area (Å²) in [5, 5.41) is 0. The molecule has 27 heavy (non-hydrogen) atoms. The number of aryl methyl sites for hydroxylation is 1. The van der Waals surface area contributed by atoms with Crippen LogP contribution in [0.1, 0.15) is 23.6 Å². The lowest BCUT2D eigenvalue weighted by Crippen LogP contribution is -2.36. The molecular weight excluding hydrogens is 364 g/mol. The molecule has 2 aromatic carbocycles. The Morgan fingerprint density at radius 1 is 1.19 bits per heavy atom. The van der Waals surface area contributed by atoms with Crippen LogP contribution in [0.4, 0.5) is 0 Å². The van der Waals surface area contributed by atoms with Crippen LogP contribution in [0.2, 0.25) is 0 Å². The number of sulfone groups is 1. The predicted octanol–water partition coefficient (Wildman–Crippen LogP) is 2.33. The first kappa shape index (κ1) is 20.9. The fourth-order valence-electron chi connectivity index (χ4n) is 2.55. The highest BCUT2D eigenvalue weighted by Gasteiger charge is 2.19. The molecule has 0 saturated heterocycles. The smallest absolute Gasteiger partial charge is 0.243 e. The molecule has 1 amide bonds. The molecule has 0 fully saturated rings. The van der Waals surface area contributed by atoms with Crippen molar-refractivity contribution in [2.75, 3.05) is 26.5 Å². The Hall–Kier alpha value is -2.38. The number of amides is 1. The Morgan fingerprint density at radius 2 is 1.85 bits per heavy atom. The summed E-state index contributed by atoms with van der Waals surface area (Å²) in [6.45, 7) is 2.84. The maximum atomic E-state index is 12.4. The van der Waals surface area contributed by atoms with Crippen molar-refractivity contribution in [3.8, 4) is 5.75 Å². The molecule has 0 spiro atoms. The van der Waals surface area contributed by atoms with Crippen LogP contribution in [-0.4, -0.2) is 45.7 Å². The molecule has 2 N–H and O–H groups in total. The Balaban J connectivity index is 1.83. The summed E-state index contributed by atoms with van der Waals surface area (Å²) in [6.07, 6.45) is 1.76. The Labute approximate surface area is 160 Å². The van der Waals surface area contributed by atoms with Gasteiger partial charge in [0.25, 0.3) is 0 Å². The van der Waals surface area contributed by atoms with Gasteiger partial charge in [0.1, 0.15) is 11.8 Å². The van der Waals surface area contributed by atoms with Gasteiger partial charge in [0.15, 0.2) is 9.84 Å². The zero-order valence-corrected chi connectivity index (χ0v) is 16.7. The van der Waals surface area contributed by atoms with E-state index in [-0.39, 0.29) is 10.8 Å². The molecule has 2 aromatic rings. The second-order valence-electron chi connectivity index (χ2n) is 6.60. The lowest BCUT2D eigenvalue weighted by Gasteiger charge is -2.21. The molecule has 0 aromatic heterocycles. The van der Waals surface area contributed by atoms with Gasteiger partial charge in [0, 0.05) is 19.8 Å². The van der Waals surface area contributed by atoms with Crippen LogP contribution < -0.4 is 10.5 Å². The number of likely N-dealkylation sites (N-methyl/N-ethyl adjacent to an activating group) is 1. The molecule has 0 aliphatic rings. The summed E-state index contributed by atoms with van der Waals surface area (Å²) < 4.78 is 28.7. The Bertz CT molecular complexity index is 879. The lowest BCUT2D eigenvalue weighted by atomic mass is 10.0. The Kier molecular flexibility index (Phi) is 6.98. The van der Waals surface area contributed by atoms with Crippen LogP contribution in [0.15, 0.2) is 53.4 Å². The average molecular weight is 391 g/mol. The molecule has 7 heteroatoms. The van der Waals surface area contributed by atoms with E-state index in [2.05, 4.69) is 0 Å². The van der Waals surface area contributed by atoms with Crippen LogP contribution in [0, 0.1) is 6.92 Å². The highest BCUT2D eigenvalue weighted by Crippen LogP contribution is 2.18. The van der Waals surface area contributed by atoms with Crippen LogP contribution in [0.25, 0.3) is 0 Å². The first-order valence-electron chi connectivity index (χ1n) is 8.68. The minimum atomic E-state index is -3.27. The van der Waals surface area contributed by atoms with E-state index in [1.807, 2.05) is 31.2 Å². The van der Waals surface area contributed by atoms with Crippen molar-refractivity contribution in [2.45, 2.75) is 24.3 Å². The highest BCUT2D eigenvalue weighted by molar-refractivity contribution is 7.90. The van der Waals surface area contributed by atoms with Crippen molar-refractivity contribution in [1.82, 2.24) is 4.90 Å². The van der Waals surface area contributed by atoms with Gasteiger partial charge < -0.3 is 15.4 Å². The second-order valence-corrected chi connectivity index (χ2v) is 8.61. The monoisotopic (exact) mass is 390 g/mol. The standard InChI is InChI=1S/C20H26N2O4S/c1-15-8-10-16(11-9-15)19(21)20(23)22(2)12-5-13-26-17-6-4-7-18(14-17)27(3,24)25/h4,6-11,14,19H,5,12-13,21H2,1-3H3. The van der Waals surface area contributed by atoms with Crippen LogP contribution in [-0.2, 0) is 14.6 Å². The summed E-state index contributed by atoms with van der Waals surface area (Å²) >= 11 is 0. The van der Waals surface area contributed by atoms with E-state index in [0.717, 1.165) is 17.4 Å². The summed E-state index contributed by atoms with van der Waals surface area (Å²) in [7, 11) is -1.56. The summed E-state index contributed by atoms with van der Waals surface area (Å²) in [5.74, 6) is 0.334. The number of nitrogens with two attached hydrogens (primary N) is 1. The van der Waals surface area contributed by atoms with E-state index in [1.54, 1.807) is 24.1 Å². The Morgan fingerprint density at radius 3 is 2.48 bits per heavy atom. The fraction of sp³-hybridized carbons (Fsp3) is 0.350. The van der Waals surface area contributed by atoms with Gasteiger partial charge in [-0.2, -0.15) is 0 Å². The molecule has 0 bridgehead atoms. The summed E-state index contributed by atoms with van der Waals surface area (Å²) in [6, 6.07) is 13.3. The number of nitrogens with zero attached hydrogens (tertiary/aromatic N) is 1. The first-order valence-corrected chi connectivity index (χ1v) is 10.6. The van der Waals surface area contributed by atoms with Crippen LogP contribution >= 0.6 is 0 Å². The van der Waals surface area contributed by atoms with Gasteiger partial charge in [-0.1, -0.05) is 35.9 Å². The molecule has 0 saturated carbocycles. The van der Waals surface area contributed by atoms with Gasteiger partial charge in [-0.15, -0.1) is 0 Å². The minimum absolute atomic E-state index is 0.155. The van der Waals surface area contributed by atoms with E-state index in [4.69, 9.17) is 10.5 Å². The molecule has 0 heterocycles. The van der Waals surface area contributed by atoms with Gasteiger partial charge in [0.2, 0.25) is 5.91 Å². The fourth-order valence-corrected chi connectivity index (χ4v) is 3.21. The third-order valence-corrected chi connectivity index (χ3v) is 5.33. The lowest BCUT2D eigenvalue weighted by molar-refractivity contribution is -0.131. The molecule has 1 atom stereocenters. The number of benzene rings is 2. The van der Waals surface area contributed by atoms with Crippen molar-refractivity contribution in [1.29, 1.82) is 0 Å². The SMILES string of the molecule is Cc1ccc(C(N)C(=O)N(C)CCCOc2cccc(S(C)(=O)=O)c2)cc1. The van der Waals surface area contributed by atoms with Crippen molar-refractivity contribution < 1.29 is 17.9 Å².